The van der Waals surface area contributed by atoms with Crippen molar-refractivity contribution >= 4 is 0 Å². The van der Waals surface area contributed by atoms with Crippen molar-refractivity contribution in [1.29, 1.82) is 0 Å². The summed E-state index contributed by atoms with van der Waals surface area (Å²) in [5.74, 6) is 0. The first-order valence-corrected chi connectivity index (χ1v) is 11.2. The van der Waals surface area contributed by atoms with Crippen LogP contribution in [0.3, 0.4) is 0 Å². The molecule has 1 aliphatic rings. The molecule has 0 aromatic heterocycles. The number of aryl methyl sites for hydroxylation is 1. The lowest BCUT2D eigenvalue weighted by Gasteiger charge is -2.37. The molecule has 26 heavy (non-hydrogen) atoms. The fraction of sp³-hybridized carbons (Fsp3) is 0.750. The van der Waals surface area contributed by atoms with Gasteiger partial charge in [0.15, 0.2) is 0 Å². The van der Waals surface area contributed by atoms with Gasteiger partial charge in [0.2, 0.25) is 0 Å². The van der Waals surface area contributed by atoms with Gasteiger partial charge >= 0.3 is 0 Å². The van der Waals surface area contributed by atoms with Crippen molar-refractivity contribution in [3.05, 3.63) is 35.4 Å². The van der Waals surface area contributed by atoms with Crippen LogP contribution < -0.4 is 0 Å². The van der Waals surface area contributed by atoms with E-state index in [9.17, 15) is 0 Å². The molecule has 0 saturated carbocycles. The molecule has 2 rings (SSSR count). The van der Waals surface area contributed by atoms with Crippen LogP contribution in [0.2, 0.25) is 0 Å². The Hall–Kier alpha value is -0.860. The number of rotatable bonds is 12. The lowest BCUT2D eigenvalue weighted by molar-refractivity contribution is 0.104. The van der Waals surface area contributed by atoms with E-state index in [1.165, 1.54) is 95.1 Å². The Morgan fingerprint density at radius 3 is 2.08 bits per heavy atom. The van der Waals surface area contributed by atoms with E-state index >= 15 is 0 Å². The van der Waals surface area contributed by atoms with E-state index in [0.29, 0.717) is 6.04 Å². The van der Waals surface area contributed by atoms with E-state index in [1.807, 2.05) is 0 Å². The van der Waals surface area contributed by atoms with Gasteiger partial charge in [-0.3, -0.25) is 9.80 Å². The van der Waals surface area contributed by atoms with Crippen molar-refractivity contribution in [1.82, 2.24) is 9.80 Å². The molecule has 1 aromatic carbocycles. The highest BCUT2D eigenvalue weighted by Gasteiger charge is 2.18. The number of hydrogen-bond acceptors (Lipinski definition) is 2. The Bertz CT molecular complexity index is 475. The first-order valence-electron chi connectivity index (χ1n) is 11.2. The minimum atomic E-state index is 0.687. The largest absolute Gasteiger partial charge is 0.298 e. The Kier molecular flexibility index (Phi) is 10.3. The minimum absolute atomic E-state index is 0.687. The second kappa shape index (κ2) is 12.5. The van der Waals surface area contributed by atoms with Gasteiger partial charge in [0.25, 0.3) is 0 Å². The molecule has 1 heterocycles. The van der Waals surface area contributed by atoms with Crippen molar-refractivity contribution in [3.63, 3.8) is 0 Å². The number of benzene rings is 1. The molecular formula is C24H42N2. The molecule has 0 atom stereocenters. The van der Waals surface area contributed by atoms with Crippen LogP contribution in [0.4, 0.5) is 0 Å². The molecule has 0 radical (unpaired) electrons. The third kappa shape index (κ3) is 8.22. The Morgan fingerprint density at radius 2 is 1.42 bits per heavy atom. The Morgan fingerprint density at radius 1 is 0.808 bits per heavy atom. The molecule has 2 nitrogen and oxygen atoms in total. The standard InChI is InChI=1S/C24H42N2/c1-4-5-6-7-8-9-10-11-13-23-14-12-15-24(20-23)21-25-16-18-26(19-17-25)22(2)3/h12,14-15,20,22H,4-11,13,16-19,21H2,1-3H3. The second-order valence-corrected chi connectivity index (χ2v) is 8.45. The van der Waals surface area contributed by atoms with Crippen LogP contribution in [0.5, 0.6) is 0 Å². The van der Waals surface area contributed by atoms with E-state index in [1.54, 1.807) is 0 Å². The van der Waals surface area contributed by atoms with Gasteiger partial charge in [-0.05, 0) is 37.8 Å². The van der Waals surface area contributed by atoms with Gasteiger partial charge in [-0.1, -0.05) is 76.1 Å². The van der Waals surface area contributed by atoms with Crippen LogP contribution in [0.25, 0.3) is 0 Å². The fourth-order valence-corrected chi connectivity index (χ4v) is 4.04. The summed E-state index contributed by atoms with van der Waals surface area (Å²) in [4.78, 5) is 5.21. The SMILES string of the molecule is CCCCCCCCCCc1cccc(CN2CCN(C(C)C)CC2)c1. The average Bonchev–Trinajstić information content (AvgIpc) is 2.65. The molecule has 0 amide bonds. The summed E-state index contributed by atoms with van der Waals surface area (Å²) in [6, 6.07) is 10.0. The van der Waals surface area contributed by atoms with Crippen LogP contribution in [-0.4, -0.2) is 42.0 Å². The van der Waals surface area contributed by atoms with Crippen LogP contribution >= 0.6 is 0 Å². The van der Waals surface area contributed by atoms with Crippen LogP contribution in [-0.2, 0) is 13.0 Å². The van der Waals surface area contributed by atoms with Gasteiger partial charge in [-0.15, -0.1) is 0 Å². The van der Waals surface area contributed by atoms with Crippen molar-refractivity contribution in [2.24, 2.45) is 0 Å². The smallest absolute Gasteiger partial charge is 0.0234 e. The summed E-state index contributed by atoms with van der Waals surface area (Å²) < 4.78 is 0. The van der Waals surface area contributed by atoms with Gasteiger partial charge in [0, 0.05) is 38.8 Å². The zero-order chi connectivity index (χ0) is 18.6. The maximum absolute atomic E-state index is 2.62. The highest BCUT2D eigenvalue weighted by atomic mass is 15.3. The minimum Gasteiger partial charge on any atom is -0.298 e. The van der Waals surface area contributed by atoms with E-state index in [-0.39, 0.29) is 0 Å². The predicted octanol–water partition coefficient (Wildman–Crippen LogP) is 5.90. The number of unbranched alkanes of at least 4 members (excludes halogenated alkanes) is 7. The average molecular weight is 359 g/mol. The molecule has 0 N–H and O–H groups in total. The molecule has 2 heteroatoms. The topological polar surface area (TPSA) is 6.48 Å². The first-order chi connectivity index (χ1) is 12.7. The lowest BCUT2D eigenvalue weighted by atomic mass is 10.0. The van der Waals surface area contributed by atoms with E-state index in [2.05, 4.69) is 54.8 Å². The second-order valence-electron chi connectivity index (χ2n) is 8.45. The molecule has 1 aliphatic heterocycles. The Balaban J connectivity index is 1.63. The zero-order valence-corrected chi connectivity index (χ0v) is 17.7. The fourth-order valence-electron chi connectivity index (χ4n) is 4.04. The monoisotopic (exact) mass is 358 g/mol. The normalized spacial score (nSPS) is 16.5. The van der Waals surface area contributed by atoms with Gasteiger partial charge in [0.05, 0.1) is 0 Å². The van der Waals surface area contributed by atoms with E-state index in [4.69, 9.17) is 0 Å². The molecular weight excluding hydrogens is 316 g/mol. The van der Waals surface area contributed by atoms with Crippen molar-refractivity contribution in [2.45, 2.75) is 91.1 Å². The lowest BCUT2D eigenvalue weighted by Crippen LogP contribution is -2.48. The van der Waals surface area contributed by atoms with Crippen molar-refractivity contribution in [3.8, 4) is 0 Å². The molecule has 0 unspecified atom stereocenters. The number of piperazine rings is 1. The van der Waals surface area contributed by atoms with Crippen LogP contribution in [0.1, 0.15) is 83.3 Å². The highest BCUT2D eigenvalue weighted by molar-refractivity contribution is 5.23. The quantitative estimate of drug-likeness (QED) is 0.429. The predicted molar refractivity (Wildman–Crippen MR) is 115 cm³/mol. The highest BCUT2D eigenvalue weighted by Crippen LogP contribution is 2.15. The van der Waals surface area contributed by atoms with E-state index < -0.39 is 0 Å². The van der Waals surface area contributed by atoms with Crippen molar-refractivity contribution in [2.75, 3.05) is 26.2 Å². The van der Waals surface area contributed by atoms with Gasteiger partial charge < -0.3 is 0 Å². The first kappa shape index (κ1) is 21.4. The van der Waals surface area contributed by atoms with Gasteiger partial charge in [-0.25, -0.2) is 0 Å². The number of hydrogen-bond donors (Lipinski definition) is 0. The summed E-state index contributed by atoms with van der Waals surface area (Å²) in [6.07, 6.45) is 12.5. The molecule has 0 spiro atoms. The summed E-state index contributed by atoms with van der Waals surface area (Å²) in [6.45, 7) is 12.9. The summed E-state index contributed by atoms with van der Waals surface area (Å²) in [5, 5.41) is 0. The third-order valence-electron chi connectivity index (χ3n) is 5.85. The van der Waals surface area contributed by atoms with E-state index in [0.717, 1.165) is 6.54 Å². The zero-order valence-electron chi connectivity index (χ0n) is 17.7. The maximum Gasteiger partial charge on any atom is 0.0234 e. The van der Waals surface area contributed by atoms with Gasteiger partial charge in [0.1, 0.15) is 0 Å². The molecule has 1 aromatic rings. The van der Waals surface area contributed by atoms with Gasteiger partial charge in [-0.2, -0.15) is 0 Å². The number of nitrogens with zero attached hydrogens (tertiary/aromatic N) is 2. The maximum atomic E-state index is 2.62. The molecule has 1 fully saturated rings. The van der Waals surface area contributed by atoms with Crippen LogP contribution in [0.15, 0.2) is 24.3 Å². The summed E-state index contributed by atoms with van der Waals surface area (Å²) in [7, 11) is 0. The third-order valence-corrected chi connectivity index (χ3v) is 5.85. The summed E-state index contributed by atoms with van der Waals surface area (Å²) in [5.41, 5.74) is 3.04. The molecule has 148 valence electrons. The Labute approximate surface area is 163 Å². The molecule has 0 bridgehead atoms. The van der Waals surface area contributed by atoms with Crippen LogP contribution in [0, 0.1) is 0 Å². The summed E-state index contributed by atoms with van der Waals surface area (Å²) >= 11 is 0. The molecule has 1 saturated heterocycles. The van der Waals surface area contributed by atoms with Crippen molar-refractivity contribution < 1.29 is 0 Å². The molecule has 0 aliphatic carbocycles.